The van der Waals surface area contributed by atoms with Gasteiger partial charge in [0, 0.05) is 17.1 Å². The fourth-order valence-corrected chi connectivity index (χ4v) is 5.42. The van der Waals surface area contributed by atoms with Crippen molar-refractivity contribution in [2.75, 3.05) is 12.3 Å². The summed E-state index contributed by atoms with van der Waals surface area (Å²) < 4.78 is 42.6. The maximum Gasteiger partial charge on any atom is 0.333 e. The summed E-state index contributed by atoms with van der Waals surface area (Å²) in [6.07, 6.45) is 2.27. The topological polar surface area (TPSA) is 145 Å². The Morgan fingerprint density at radius 3 is 2.63 bits per heavy atom. The number of nitrogens with zero attached hydrogens (tertiary/aromatic N) is 3. The van der Waals surface area contributed by atoms with E-state index in [0.29, 0.717) is 23.3 Å². The summed E-state index contributed by atoms with van der Waals surface area (Å²) in [5.74, 6) is 0.347. The molecule has 0 amide bonds. The molecule has 1 aliphatic heterocycles. The first kappa shape index (κ1) is 23.6. The second-order valence-corrected chi connectivity index (χ2v) is 15.8. The Kier molecular flexibility index (Phi) is 6.37. The molecule has 1 aliphatic rings. The Balaban J connectivity index is 1.97. The van der Waals surface area contributed by atoms with Gasteiger partial charge in [-0.2, -0.15) is 8.42 Å². The molecule has 0 saturated carbocycles. The molecule has 0 unspecified atom stereocenters. The van der Waals surface area contributed by atoms with Crippen molar-refractivity contribution in [1.29, 1.82) is 0 Å². The summed E-state index contributed by atoms with van der Waals surface area (Å²) in [4.78, 5) is 8.42. The Bertz CT molecular complexity index is 1040. The minimum Gasteiger partial charge on any atom is -0.409 e. The van der Waals surface area contributed by atoms with Gasteiger partial charge in [-0.1, -0.05) is 20.8 Å². The zero-order valence-electron chi connectivity index (χ0n) is 17.6. The third kappa shape index (κ3) is 4.87. The Labute approximate surface area is 185 Å². The predicted octanol–water partition coefficient (Wildman–Crippen LogP) is 2.67. The van der Waals surface area contributed by atoms with Crippen LogP contribution in [0.3, 0.4) is 0 Å². The van der Waals surface area contributed by atoms with Crippen LogP contribution >= 0.6 is 15.9 Å². The molecule has 168 valence electrons. The summed E-state index contributed by atoms with van der Waals surface area (Å²) in [5, 5.41) is 5.64. The Hall–Kier alpha value is -1.09. The molecule has 1 saturated heterocycles. The standard InChI is InChI=1S/C17H28BrN5O5SSi/c1-17(2,3)30(4,5)28-12-6-10(8-26-29(20,24)25)27-16(12)23-7-11(18)13-14(19)21-9-22-15(13)23/h7,9-10,12,16H,6,8H2,1-5H3,(H2,19,21,22)(H2,20,24,25)/t10-,12+,16+/m0/s1. The van der Waals surface area contributed by atoms with Gasteiger partial charge in [0.25, 0.3) is 0 Å². The highest BCUT2D eigenvalue weighted by Crippen LogP contribution is 2.43. The average Bonchev–Trinajstić information content (AvgIpc) is 3.12. The number of nitrogens with two attached hydrogens (primary N) is 2. The first-order valence-corrected chi connectivity index (χ1v) is 14.6. The Morgan fingerprint density at radius 2 is 2.03 bits per heavy atom. The van der Waals surface area contributed by atoms with E-state index in [4.69, 9.17) is 24.2 Å². The van der Waals surface area contributed by atoms with Crippen LogP contribution in [0.1, 0.15) is 33.4 Å². The molecule has 0 aliphatic carbocycles. The molecule has 30 heavy (non-hydrogen) atoms. The summed E-state index contributed by atoms with van der Waals surface area (Å²) >= 11 is 3.51. The molecule has 3 rings (SSSR count). The van der Waals surface area contributed by atoms with Crippen molar-refractivity contribution in [3.63, 3.8) is 0 Å². The van der Waals surface area contributed by atoms with Crippen molar-refractivity contribution < 1.29 is 21.8 Å². The number of hydrogen-bond acceptors (Lipinski definition) is 8. The van der Waals surface area contributed by atoms with E-state index < -0.39 is 31.0 Å². The maximum absolute atomic E-state index is 11.2. The van der Waals surface area contributed by atoms with Gasteiger partial charge in [0.2, 0.25) is 0 Å². The van der Waals surface area contributed by atoms with Crippen LogP contribution in [0.2, 0.25) is 18.1 Å². The minimum absolute atomic E-state index is 0.0152. The lowest BCUT2D eigenvalue weighted by Gasteiger charge is -2.39. The molecule has 0 bridgehead atoms. The van der Waals surface area contributed by atoms with E-state index in [2.05, 4.69) is 59.8 Å². The second kappa shape index (κ2) is 8.11. The van der Waals surface area contributed by atoms with Crippen molar-refractivity contribution in [3.8, 4) is 0 Å². The third-order valence-electron chi connectivity index (χ3n) is 5.68. The van der Waals surface area contributed by atoms with E-state index in [-0.39, 0.29) is 17.7 Å². The molecular formula is C17H28BrN5O5SSi. The predicted molar refractivity (Wildman–Crippen MR) is 119 cm³/mol. The molecule has 3 atom stereocenters. The highest BCUT2D eigenvalue weighted by molar-refractivity contribution is 9.10. The van der Waals surface area contributed by atoms with Crippen molar-refractivity contribution in [1.82, 2.24) is 14.5 Å². The van der Waals surface area contributed by atoms with Gasteiger partial charge < -0.3 is 19.5 Å². The van der Waals surface area contributed by atoms with Crippen molar-refractivity contribution in [3.05, 3.63) is 17.0 Å². The SMILES string of the molecule is CC(C)(C)[Si](C)(C)O[C@@H]1C[C@@H](COS(N)(=O)=O)O[C@H]1n1cc(Br)c2c(N)ncnc21. The first-order chi connectivity index (χ1) is 13.7. The second-order valence-electron chi connectivity index (χ2n) is 8.92. The van der Waals surface area contributed by atoms with Gasteiger partial charge in [0.05, 0.1) is 24.2 Å². The van der Waals surface area contributed by atoms with Crippen molar-refractivity contribution in [2.45, 2.75) is 63.8 Å². The zero-order chi connectivity index (χ0) is 22.5. The molecular weight excluding hydrogens is 494 g/mol. The monoisotopic (exact) mass is 521 g/mol. The van der Waals surface area contributed by atoms with Gasteiger partial charge in [-0.05, 0) is 34.1 Å². The van der Waals surface area contributed by atoms with Crippen LogP contribution in [-0.2, 0) is 23.7 Å². The van der Waals surface area contributed by atoms with Crippen LogP contribution in [-0.4, -0.2) is 50.1 Å². The van der Waals surface area contributed by atoms with E-state index in [9.17, 15) is 8.42 Å². The summed E-state index contributed by atoms with van der Waals surface area (Å²) in [5.41, 5.74) is 6.62. The van der Waals surface area contributed by atoms with Crippen LogP contribution in [0, 0.1) is 0 Å². The number of aromatic nitrogens is 3. The van der Waals surface area contributed by atoms with E-state index in [1.807, 2.05) is 10.8 Å². The van der Waals surface area contributed by atoms with E-state index in [0.717, 1.165) is 4.47 Å². The molecule has 2 aromatic heterocycles. The smallest absolute Gasteiger partial charge is 0.333 e. The number of rotatable bonds is 6. The van der Waals surface area contributed by atoms with E-state index in [1.54, 1.807) is 0 Å². The van der Waals surface area contributed by atoms with Crippen molar-refractivity contribution in [2.24, 2.45) is 5.14 Å². The van der Waals surface area contributed by atoms with Gasteiger partial charge in [-0.25, -0.2) is 15.1 Å². The molecule has 0 radical (unpaired) electrons. The molecule has 10 nitrogen and oxygen atoms in total. The molecule has 13 heteroatoms. The van der Waals surface area contributed by atoms with E-state index >= 15 is 0 Å². The lowest BCUT2D eigenvalue weighted by Crippen LogP contribution is -2.45. The number of anilines is 1. The number of fused-ring (bicyclic) bond motifs is 1. The third-order valence-corrected chi connectivity index (χ3v) is 11.3. The van der Waals surface area contributed by atoms with Crippen LogP contribution in [0.5, 0.6) is 0 Å². The average molecular weight is 522 g/mol. The molecule has 3 heterocycles. The fraction of sp³-hybridized carbons (Fsp3) is 0.647. The molecule has 0 spiro atoms. The maximum atomic E-state index is 11.2. The first-order valence-electron chi connectivity index (χ1n) is 9.46. The quantitative estimate of drug-likeness (QED) is 0.551. The number of nitrogen functional groups attached to an aromatic ring is 1. The van der Waals surface area contributed by atoms with Crippen LogP contribution in [0.4, 0.5) is 5.82 Å². The molecule has 2 aromatic rings. The highest BCUT2D eigenvalue weighted by Gasteiger charge is 2.46. The van der Waals surface area contributed by atoms with Gasteiger partial charge in [0.15, 0.2) is 14.5 Å². The van der Waals surface area contributed by atoms with Gasteiger partial charge in [-0.3, -0.25) is 4.18 Å². The largest absolute Gasteiger partial charge is 0.409 e. The normalized spacial score (nSPS) is 23.4. The molecule has 1 fully saturated rings. The fourth-order valence-electron chi connectivity index (χ4n) is 3.16. The summed E-state index contributed by atoms with van der Waals surface area (Å²) in [6, 6.07) is 0. The van der Waals surface area contributed by atoms with Gasteiger partial charge in [0.1, 0.15) is 17.8 Å². The van der Waals surface area contributed by atoms with Gasteiger partial charge in [-0.15, -0.1) is 0 Å². The lowest BCUT2D eigenvalue weighted by molar-refractivity contribution is -0.0420. The number of ether oxygens (including phenoxy) is 1. The van der Waals surface area contributed by atoms with Crippen LogP contribution in [0.25, 0.3) is 11.0 Å². The molecule has 4 N–H and O–H groups in total. The van der Waals surface area contributed by atoms with Crippen LogP contribution < -0.4 is 10.9 Å². The summed E-state index contributed by atoms with van der Waals surface area (Å²) in [7, 11) is -6.22. The number of halogens is 1. The van der Waals surface area contributed by atoms with E-state index in [1.165, 1.54) is 6.33 Å². The summed E-state index contributed by atoms with van der Waals surface area (Å²) in [6.45, 7) is 10.6. The zero-order valence-corrected chi connectivity index (χ0v) is 21.0. The Morgan fingerprint density at radius 1 is 1.37 bits per heavy atom. The van der Waals surface area contributed by atoms with Gasteiger partial charge >= 0.3 is 10.3 Å². The number of hydrogen-bond donors (Lipinski definition) is 2. The minimum atomic E-state index is -4.07. The van der Waals surface area contributed by atoms with Crippen LogP contribution in [0.15, 0.2) is 17.0 Å². The molecule has 0 aromatic carbocycles. The van der Waals surface area contributed by atoms with Crippen molar-refractivity contribution >= 4 is 51.4 Å². The highest BCUT2D eigenvalue weighted by atomic mass is 79.9. The lowest BCUT2D eigenvalue weighted by atomic mass is 10.2.